The zero-order chi connectivity index (χ0) is 42.2. The SMILES string of the molecule is Cc1n(CCCN)cc[n+]1C(C)CCCCn1cc[n+](C(C)CC(=O)NCCCNC(=O)CC(C)[n+]2ccn(CCCC(C)[n+]3ccn(CCCN)c3C)c2C)c1C. The van der Waals surface area contributed by atoms with Crippen LogP contribution in [0.15, 0.2) is 49.6 Å². The quantitative estimate of drug-likeness (QED) is 0.0539. The second-order valence-corrected chi connectivity index (χ2v) is 16.6. The minimum atomic E-state index is 0.0281. The molecule has 4 heterocycles. The number of hydrogen-bond donors (Lipinski definition) is 4. The molecule has 4 rings (SSSR count). The van der Waals surface area contributed by atoms with Crippen LogP contribution < -0.4 is 40.4 Å². The molecule has 0 saturated heterocycles. The van der Waals surface area contributed by atoms with E-state index < -0.39 is 0 Å². The van der Waals surface area contributed by atoms with E-state index >= 15 is 0 Å². The first kappa shape index (κ1) is 46.4. The van der Waals surface area contributed by atoms with Gasteiger partial charge in [-0.05, 0) is 92.2 Å². The number of carbonyl (C=O) groups is 2. The molecule has 0 aromatic carbocycles. The van der Waals surface area contributed by atoms with E-state index in [1.54, 1.807) is 0 Å². The molecule has 0 saturated carbocycles. The third kappa shape index (κ3) is 13.1. The number of nitrogens with zero attached hydrogens (tertiary/aromatic N) is 8. The molecule has 0 fully saturated rings. The number of nitrogens with one attached hydrogen (secondary N) is 2. The number of rotatable bonds is 27. The fourth-order valence-corrected chi connectivity index (χ4v) is 8.38. The number of aryl methyl sites for hydroxylation is 4. The summed E-state index contributed by atoms with van der Waals surface area (Å²) in [5.41, 5.74) is 11.4. The van der Waals surface area contributed by atoms with Gasteiger partial charge in [0.05, 0.1) is 51.1 Å². The van der Waals surface area contributed by atoms with Crippen LogP contribution in [0.4, 0.5) is 0 Å². The average Bonchev–Trinajstić information content (AvgIpc) is 3.96. The van der Waals surface area contributed by atoms with Crippen molar-refractivity contribution in [2.45, 2.75) is 170 Å². The lowest BCUT2D eigenvalue weighted by Gasteiger charge is -2.12. The summed E-state index contributed by atoms with van der Waals surface area (Å²) in [5, 5.41) is 6.10. The fourth-order valence-electron chi connectivity index (χ4n) is 8.38. The second kappa shape index (κ2) is 23.3. The van der Waals surface area contributed by atoms with Crippen molar-refractivity contribution in [3.8, 4) is 0 Å². The summed E-state index contributed by atoms with van der Waals surface area (Å²) in [6.07, 6.45) is 26.2. The van der Waals surface area contributed by atoms with Gasteiger partial charge >= 0.3 is 0 Å². The van der Waals surface area contributed by atoms with E-state index in [0.717, 1.165) is 82.8 Å². The van der Waals surface area contributed by atoms with Crippen molar-refractivity contribution in [3.63, 3.8) is 0 Å². The molecule has 322 valence electrons. The van der Waals surface area contributed by atoms with E-state index in [4.69, 9.17) is 11.5 Å². The Labute approximate surface area is 348 Å². The second-order valence-electron chi connectivity index (χ2n) is 16.6. The number of nitrogens with two attached hydrogens (primary N) is 2. The first-order valence-electron chi connectivity index (χ1n) is 22.1. The maximum Gasteiger partial charge on any atom is 0.253 e. The Bertz CT molecular complexity index is 1850. The molecule has 4 aromatic heterocycles. The van der Waals surface area contributed by atoms with Gasteiger partial charge in [-0.1, -0.05) is 0 Å². The van der Waals surface area contributed by atoms with Crippen molar-refractivity contribution in [3.05, 3.63) is 72.9 Å². The summed E-state index contributed by atoms with van der Waals surface area (Å²) >= 11 is 0. The summed E-state index contributed by atoms with van der Waals surface area (Å²) in [5.74, 6) is 4.94. The van der Waals surface area contributed by atoms with E-state index in [2.05, 4.69) is 152 Å². The van der Waals surface area contributed by atoms with Crippen molar-refractivity contribution in [1.82, 2.24) is 28.9 Å². The number of aromatic nitrogens is 8. The zero-order valence-corrected chi connectivity index (χ0v) is 37.2. The van der Waals surface area contributed by atoms with Gasteiger partial charge in [-0.3, -0.25) is 9.59 Å². The third-order valence-corrected chi connectivity index (χ3v) is 12.1. The van der Waals surface area contributed by atoms with Crippen LogP contribution in [0.1, 0.15) is 139 Å². The Kier molecular flexibility index (Phi) is 18.7. The van der Waals surface area contributed by atoms with Crippen LogP contribution in [0, 0.1) is 27.7 Å². The number of imidazole rings is 4. The molecule has 0 radical (unpaired) electrons. The molecular formula is C44H78N12O2+4. The molecule has 14 nitrogen and oxygen atoms in total. The summed E-state index contributed by atoms with van der Waals surface area (Å²) in [4.78, 5) is 25.6. The van der Waals surface area contributed by atoms with Gasteiger partial charge in [0.1, 0.15) is 61.7 Å². The number of unbranched alkanes of at least 4 members (excludes halogenated alkanes) is 1. The van der Waals surface area contributed by atoms with Crippen LogP contribution >= 0.6 is 0 Å². The van der Waals surface area contributed by atoms with Gasteiger partial charge < -0.3 is 22.1 Å². The highest BCUT2D eigenvalue weighted by atomic mass is 16.2. The molecule has 0 aliphatic rings. The molecule has 58 heavy (non-hydrogen) atoms. The van der Waals surface area contributed by atoms with Crippen molar-refractivity contribution in [1.29, 1.82) is 0 Å². The maximum absolute atomic E-state index is 12.8. The molecule has 4 atom stereocenters. The molecule has 0 aliphatic carbocycles. The van der Waals surface area contributed by atoms with Crippen molar-refractivity contribution in [2.75, 3.05) is 26.2 Å². The Hall–Kier alpha value is -4.30. The number of carbonyl (C=O) groups excluding carboxylic acids is 2. The fraction of sp³-hybridized carbons (Fsp3) is 0.682. The van der Waals surface area contributed by atoms with E-state index in [0.29, 0.717) is 57.5 Å². The van der Waals surface area contributed by atoms with E-state index in [9.17, 15) is 9.59 Å². The van der Waals surface area contributed by atoms with Crippen molar-refractivity contribution < 1.29 is 27.9 Å². The average molecular weight is 807 g/mol. The van der Waals surface area contributed by atoms with Crippen LogP contribution in [0.25, 0.3) is 0 Å². The van der Waals surface area contributed by atoms with Gasteiger partial charge in [-0.25, -0.2) is 36.5 Å². The summed E-state index contributed by atoms with van der Waals surface area (Å²) < 4.78 is 18.3. The zero-order valence-electron chi connectivity index (χ0n) is 37.2. The van der Waals surface area contributed by atoms with E-state index in [1.165, 1.54) is 11.6 Å². The Morgan fingerprint density at radius 3 is 1.21 bits per heavy atom. The molecule has 2 amide bonds. The first-order chi connectivity index (χ1) is 27.9. The highest BCUT2D eigenvalue weighted by molar-refractivity contribution is 5.76. The van der Waals surface area contributed by atoms with Crippen LogP contribution in [0.2, 0.25) is 0 Å². The minimum absolute atomic E-state index is 0.0281. The van der Waals surface area contributed by atoms with Gasteiger partial charge in [0.15, 0.2) is 0 Å². The molecule has 4 unspecified atom stereocenters. The lowest BCUT2D eigenvalue weighted by Crippen LogP contribution is -2.43. The van der Waals surface area contributed by atoms with Crippen LogP contribution in [-0.2, 0) is 35.8 Å². The topological polar surface area (TPSA) is 145 Å². The number of hydrogen-bond acceptors (Lipinski definition) is 4. The molecule has 0 spiro atoms. The Morgan fingerprint density at radius 2 is 0.828 bits per heavy atom. The van der Waals surface area contributed by atoms with E-state index in [-0.39, 0.29) is 23.9 Å². The molecule has 6 N–H and O–H groups in total. The summed E-state index contributed by atoms with van der Waals surface area (Å²) in [6, 6.07) is 0.979. The first-order valence-corrected chi connectivity index (χ1v) is 22.1. The summed E-state index contributed by atoms with van der Waals surface area (Å²) in [6.45, 7) is 23.7. The monoisotopic (exact) mass is 807 g/mol. The Morgan fingerprint density at radius 1 is 0.500 bits per heavy atom. The third-order valence-electron chi connectivity index (χ3n) is 12.1. The molecule has 14 heteroatoms. The van der Waals surface area contributed by atoms with Crippen molar-refractivity contribution >= 4 is 11.8 Å². The van der Waals surface area contributed by atoms with Gasteiger partial charge in [-0.2, -0.15) is 0 Å². The highest BCUT2D eigenvalue weighted by Gasteiger charge is 2.24. The smallest absolute Gasteiger partial charge is 0.253 e. The largest absolute Gasteiger partial charge is 0.356 e. The van der Waals surface area contributed by atoms with Crippen LogP contribution in [0.5, 0.6) is 0 Å². The van der Waals surface area contributed by atoms with Crippen LogP contribution in [-0.4, -0.2) is 56.3 Å². The van der Waals surface area contributed by atoms with E-state index in [1.807, 2.05) is 0 Å². The van der Waals surface area contributed by atoms with Crippen LogP contribution in [0.3, 0.4) is 0 Å². The van der Waals surface area contributed by atoms with Gasteiger partial charge in [0.2, 0.25) is 11.8 Å². The normalized spacial score (nSPS) is 13.8. The molecule has 0 bridgehead atoms. The van der Waals surface area contributed by atoms with Gasteiger partial charge in [0, 0.05) is 40.8 Å². The van der Waals surface area contributed by atoms with Gasteiger partial charge in [0.25, 0.3) is 23.3 Å². The summed E-state index contributed by atoms with van der Waals surface area (Å²) in [7, 11) is 0. The Balaban J connectivity index is 1.08. The highest BCUT2D eigenvalue weighted by Crippen LogP contribution is 2.14. The molecule has 4 aromatic rings. The van der Waals surface area contributed by atoms with Gasteiger partial charge in [-0.15, -0.1) is 0 Å². The molecular weight excluding hydrogens is 729 g/mol. The lowest BCUT2D eigenvalue weighted by atomic mass is 10.1. The maximum atomic E-state index is 12.8. The standard InChI is InChI=1S/C44H76N12O2/c1-35(53-29-25-51(39(53)5)23-12-17-45)15-9-10-21-49-27-31-55(41(49)7)37(3)33-43(57)47-19-14-20-48-44(58)34-38(4)56-32-28-50(42(56)8)22-11-16-36(2)54-30-26-52(40(54)6)24-13-18-46/h25-32,35-38H,9-24,33-34,45-46H2,1-8H3/q+2/p+2. The predicted molar refractivity (Wildman–Crippen MR) is 227 cm³/mol. The molecule has 0 aliphatic heterocycles. The number of amides is 2. The lowest BCUT2D eigenvalue weighted by molar-refractivity contribution is -0.726. The minimum Gasteiger partial charge on any atom is -0.356 e. The predicted octanol–water partition coefficient (Wildman–Crippen LogP) is 3.67. The van der Waals surface area contributed by atoms with Crippen molar-refractivity contribution in [2.24, 2.45) is 11.5 Å².